The minimum atomic E-state index is 0.323. The Morgan fingerprint density at radius 2 is 1.97 bits per heavy atom. The maximum Gasteiger partial charge on any atom is 0.191 e. The van der Waals surface area contributed by atoms with Gasteiger partial charge in [-0.2, -0.15) is 0 Å². The fraction of sp³-hybridized carbons (Fsp3) is 0.682. The third-order valence-corrected chi connectivity index (χ3v) is 5.41. The normalized spacial score (nSPS) is 18.6. The Kier molecular flexibility index (Phi) is 8.89. The second-order valence-electron chi connectivity index (χ2n) is 7.59. The van der Waals surface area contributed by atoms with Gasteiger partial charge in [-0.25, -0.2) is 4.99 Å². The number of aliphatic imine (C=N–C) groups is 1. The second-order valence-corrected chi connectivity index (χ2v) is 7.59. The molecule has 29 heavy (non-hydrogen) atoms. The Labute approximate surface area is 174 Å². The van der Waals surface area contributed by atoms with E-state index in [4.69, 9.17) is 19.2 Å². The molecule has 1 heterocycles. The standard InChI is InChI=1S/C22H36N4O3/c1-3-23-22(24-10-11-26-12-14-28-15-13-26)25-17-18-8-9-20(21(16-18)27-2)29-19-6-4-5-7-19/h8-9,16,19H,3-7,10-15,17H2,1-2H3,(H2,23,24,25). The summed E-state index contributed by atoms with van der Waals surface area (Å²) in [5, 5.41) is 6.75. The lowest BCUT2D eigenvalue weighted by molar-refractivity contribution is 0.0389. The largest absolute Gasteiger partial charge is 0.493 e. The summed E-state index contributed by atoms with van der Waals surface area (Å²) in [6, 6.07) is 6.12. The van der Waals surface area contributed by atoms with E-state index in [0.717, 1.165) is 81.8 Å². The van der Waals surface area contributed by atoms with Crippen LogP contribution in [0.15, 0.2) is 23.2 Å². The molecule has 1 aromatic carbocycles. The van der Waals surface area contributed by atoms with Crippen LogP contribution in [0.4, 0.5) is 0 Å². The molecule has 2 fully saturated rings. The lowest BCUT2D eigenvalue weighted by Crippen LogP contribution is -2.44. The van der Waals surface area contributed by atoms with Crippen LogP contribution in [0.5, 0.6) is 11.5 Å². The van der Waals surface area contributed by atoms with Crippen molar-refractivity contribution in [2.75, 3.05) is 53.0 Å². The first-order valence-corrected chi connectivity index (χ1v) is 10.9. The van der Waals surface area contributed by atoms with Gasteiger partial charge < -0.3 is 24.8 Å². The molecule has 1 aliphatic carbocycles. The Hall–Kier alpha value is -1.99. The van der Waals surface area contributed by atoms with Crippen LogP contribution in [0.25, 0.3) is 0 Å². The Bertz CT molecular complexity index is 641. The van der Waals surface area contributed by atoms with E-state index in [-0.39, 0.29) is 0 Å². The fourth-order valence-electron chi connectivity index (χ4n) is 3.76. The lowest BCUT2D eigenvalue weighted by Gasteiger charge is -2.26. The number of hydrogen-bond donors (Lipinski definition) is 2. The highest BCUT2D eigenvalue weighted by Gasteiger charge is 2.18. The Morgan fingerprint density at radius 3 is 2.69 bits per heavy atom. The van der Waals surface area contributed by atoms with Gasteiger partial charge in [-0.05, 0) is 50.3 Å². The van der Waals surface area contributed by atoms with Crippen molar-refractivity contribution in [1.29, 1.82) is 0 Å². The molecule has 0 aromatic heterocycles. The molecule has 0 amide bonds. The van der Waals surface area contributed by atoms with E-state index in [0.29, 0.717) is 12.6 Å². The molecule has 3 rings (SSSR count). The third-order valence-electron chi connectivity index (χ3n) is 5.41. The van der Waals surface area contributed by atoms with Crippen molar-refractivity contribution in [2.24, 2.45) is 4.99 Å². The summed E-state index contributed by atoms with van der Waals surface area (Å²) in [7, 11) is 1.70. The van der Waals surface area contributed by atoms with Crippen molar-refractivity contribution >= 4 is 5.96 Å². The summed E-state index contributed by atoms with van der Waals surface area (Å²) in [5.74, 6) is 2.46. The molecule has 7 nitrogen and oxygen atoms in total. The third kappa shape index (κ3) is 7.08. The Balaban J connectivity index is 1.53. The van der Waals surface area contributed by atoms with Gasteiger partial charge in [-0.1, -0.05) is 6.07 Å². The van der Waals surface area contributed by atoms with E-state index >= 15 is 0 Å². The highest BCUT2D eigenvalue weighted by atomic mass is 16.5. The zero-order chi connectivity index (χ0) is 20.3. The monoisotopic (exact) mass is 404 g/mol. The number of benzene rings is 1. The molecule has 0 bridgehead atoms. The van der Waals surface area contributed by atoms with Crippen LogP contribution in [0.2, 0.25) is 0 Å². The SMILES string of the molecule is CCNC(=NCc1ccc(OC2CCCC2)c(OC)c1)NCCN1CCOCC1. The van der Waals surface area contributed by atoms with Crippen LogP contribution >= 0.6 is 0 Å². The minimum absolute atomic E-state index is 0.323. The zero-order valence-corrected chi connectivity index (χ0v) is 17.9. The van der Waals surface area contributed by atoms with Crippen LogP contribution in [0.1, 0.15) is 38.2 Å². The van der Waals surface area contributed by atoms with Crippen molar-refractivity contribution < 1.29 is 14.2 Å². The predicted molar refractivity (Wildman–Crippen MR) is 116 cm³/mol. The number of rotatable bonds is 9. The van der Waals surface area contributed by atoms with Gasteiger partial charge in [0.15, 0.2) is 17.5 Å². The van der Waals surface area contributed by atoms with Gasteiger partial charge in [0.2, 0.25) is 0 Å². The van der Waals surface area contributed by atoms with E-state index in [2.05, 4.69) is 28.5 Å². The molecule has 1 aromatic rings. The van der Waals surface area contributed by atoms with Crippen molar-refractivity contribution in [2.45, 2.75) is 45.3 Å². The van der Waals surface area contributed by atoms with E-state index < -0.39 is 0 Å². The molecule has 0 spiro atoms. The van der Waals surface area contributed by atoms with E-state index in [9.17, 15) is 0 Å². The highest BCUT2D eigenvalue weighted by molar-refractivity contribution is 5.79. The highest BCUT2D eigenvalue weighted by Crippen LogP contribution is 2.32. The number of hydrogen-bond acceptors (Lipinski definition) is 5. The summed E-state index contributed by atoms with van der Waals surface area (Å²) in [6.45, 7) is 9.03. The summed E-state index contributed by atoms with van der Waals surface area (Å²) in [6.07, 6.45) is 5.11. The lowest BCUT2D eigenvalue weighted by atomic mass is 10.2. The van der Waals surface area contributed by atoms with Crippen LogP contribution < -0.4 is 20.1 Å². The average Bonchev–Trinajstić information content (AvgIpc) is 3.26. The topological polar surface area (TPSA) is 67.4 Å². The zero-order valence-electron chi connectivity index (χ0n) is 17.9. The molecule has 0 radical (unpaired) electrons. The van der Waals surface area contributed by atoms with Crippen molar-refractivity contribution in [3.05, 3.63) is 23.8 Å². The first-order chi connectivity index (χ1) is 14.3. The van der Waals surface area contributed by atoms with E-state index in [1.807, 2.05) is 12.1 Å². The quantitative estimate of drug-likeness (QED) is 0.487. The molecule has 1 saturated carbocycles. The van der Waals surface area contributed by atoms with Crippen molar-refractivity contribution in [3.8, 4) is 11.5 Å². The summed E-state index contributed by atoms with van der Waals surface area (Å²) >= 11 is 0. The van der Waals surface area contributed by atoms with Crippen LogP contribution in [-0.2, 0) is 11.3 Å². The minimum Gasteiger partial charge on any atom is -0.493 e. The number of nitrogens with zero attached hydrogens (tertiary/aromatic N) is 2. The number of ether oxygens (including phenoxy) is 3. The molecular weight excluding hydrogens is 368 g/mol. The molecule has 2 N–H and O–H groups in total. The summed E-state index contributed by atoms with van der Waals surface area (Å²) < 4.78 is 17.1. The molecule has 7 heteroatoms. The molecular formula is C22H36N4O3. The number of methoxy groups -OCH3 is 1. The summed E-state index contributed by atoms with van der Waals surface area (Å²) in [5.41, 5.74) is 1.10. The number of morpholine rings is 1. The van der Waals surface area contributed by atoms with Crippen LogP contribution in [-0.4, -0.2) is 70.0 Å². The van der Waals surface area contributed by atoms with Gasteiger partial charge in [0.25, 0.3) is 0 Å². The average molecular weight is 405 g/mol. The van der Waals surface area contributed by atoms with E-state index in [1.54, 1.807) is 7.11 Å². The molecule has 0 atom stereocenters. The number of guanidine groups is 1. The van der Waals surface area contributed by atoms with Gasteiger partial charge >= 0.3 is 0 Å². The number of nitrogens with one attached hydrogen (secondary N) is 2. The fourth-order valence-corrected chi connectivity index (χ4v) is 3.76. The molecule has 162 valence electrons. The van der Waals surface area contributed by atoms with Crippen molar-refractivity contribution in [3.63, 3.8) is 0 Å². The van der Waals surface area contributed by atoms with Gasteiger partial charge in [0.1, 0.15) is 0 Å². The van der Waals surface area contributed by atoms with E-state index in [1.165, 1.54) is 12.8 Å². The van der Waals surface area contributed by atoms with Gasteiger partial charge in [0.05, 0.1) is 33.0 Å². The van der Waals surface area contributed by atoms with Gasteiger partial charge in [0, 0.05) is 32.7 Å². The maximum atomic E-state index is 6.13. The second kappa shape index (κ2) is 11.9. The van der Waals surface area contributed by atoms with Crippen molar-refractivity contribution in [1.82, 2.24) is 15.5 Å². The molecule has 1 aliphatic heterocycles. The molecule has 2 aliphatic rings. The Morgan fingerprint density at radius 1 is 1.17 bits per heavy atom. The van der Waals surface area contributed by atoms with Crippen LogP contribution in [0.3, 0.4) is 0 Å². The summed E-state index contributed by atoms with van der Waals surface area (Å²) in [4.78, 5) is 7.14. The van der Waals surface area contributed by atoms with Gasteiger partial charge in [-0.3, -0.25) is 4.90 Å². The van der Waals surface area contributed by atoms with Crippen LogP contribution in [0, 0.1) is 0 Å². The molecule has 0 unspecified atom stereocenters. The first kappa shape index (κ1) is 21.7. The smallest absolute Gasteiger partial charge is 0.191 e. The maximum absolute atomic E-state index is 6.13. The van der Waals surface area contributed by atoms with Gasteiger partial charge in [-0.15, -0.1) is 0 Å². The first-order valence-electron chi connectivity index (χ1n) is 10.9. The molecule has 1 saturated heterocycles. The predicted octanol–water partition coefficient (Wildman–Crippen LogP) is 2.40.